The average Bonchev–Trinajstić information content (AvgIpc) is 3.28. The Balaban J connectivity index is 0.000000156. The highest BCUT2D eigenvalue weighted by Gasteiger charge is 2.29. The Morgan fingerprint density at radius 2 is 1.23 bits per heavy atom. The molecule has 0 saturated heterocycles. The third-order valence-electron chi connectivity index (χ3n) is 8.69. The number of aryl methyl sites for hydroxylation is 2. The third kappa shape index (κ3) is 6.65. The van der Waals surface area contributed by atoms with Crippen molar-refractivity contribution in [1.29, 1.82) is 0 Å². The predicted molar refractivity (Wildman–Crippen MR) is 175 cm³/mol. The quantitative estimate of drug-likeness (QED) is 0.234. The molecule has 0 aromatic heterocycles. The van der Waals surface area contributed by atoms with Crippen molar-refractivity contribution in [2.75, 3.05) is 10.6 Å². The van der Waals surface area contributed by atoms with E-state index in [1.54, 1.807) is 6.07 Å². The molecule has 6 nitrogen and oxygen atoms in total. The molecule has 7 rings (SSSR count). The molecule has 6 heteroatoms. The van der Waals surface area contributed by atoms with Gasteiger partial charge in [-0.15, -0.1) is 0 Å². The van der Waals surface area contributed by atoms with Crippen molar-refractivity contribution in [3.05, 3.63) is 118 Å². The third-order valence-corrected chi connectivity index (χ3v) is 8.69. The number of nitrogens with one attached hydrogen (secondary N) is 2. The van der Waals surface area contributed by atoms with E-state index in [4.69, 9.17) is 4.74 Å². The Labute approximate surface area is 259 Å². The normalized spacial score (nSPS) is 20.3. The van der Waals surface area contributed by atoms with E-state index in [1.165, 1.54) is 11.1 Å². The zero-order valence-corrected chi connectivity index (χ0v) is 25.4. The summed E-state index contributed by atoms with van der Waals surface area (Å²) in [4.78, 5) is 23.9. The van der Waals surface area contributed by atoms with E-state index in [2.05, 4.69) is 41.8 Å². The number of ketones is 2. The topological polar surface area (TPSA) is 87.7 Å². The van der Waals surface area contributed by atoms with Gasteiger partial charge in [-0.25, -0.2) is 0 Å². The maximum absolute atomic E-state index is 12.0. The number of rotatable bonds is 4. The lowest BCUT2D eigenvalue weighted by Gasteiger charge is -2.20. The molecule has 3 aliphatic heterocycles. The fourth-order valence-corrected chi connectivity index (χ4v) is 6.60. The Bertz CT molecular complexity index is 1650. The van der Waals surface area contributed by atoms with Gasteiger partial charge >= 0.3 is 0 Å². The highest BCUT2D eigenvalue weighted by atomic mass is 16.5. The summed E-state index contributed by atoms with van der Waals surface area (Å²) in [6.45, 7) is 4.11. The summed E-state index contributed by atoms with van der Waals surface area (Å²) in [7, 11) is 0. The lowest BCUT2D eigenvalue weighted by atomic mass is 9.97. The first-order chi connectivity index (χ1) is 21.3. The van der Waals surface area contributed by atoms with Crippen LogP contribution >= 0.6 is 0 Å². The zero-order chi connectivity index (χ0) is 30.6. The summed E-state index contributed by atoms with van der Waals surface area (Å²) < 4.78 is 6.14. The Morgan fingerprint density at radius 1 is 0.659 bits per heavy atom. The highest BCUT2D eigenvalue weighted by molar-refractivity contribution is 5.86. The molecule has 0 spiro atoms. The number of phenols is 1. The number of carbonyl (C=O) groups excluding carboxylic acids is 2. The minimum atomic E-state index is 0.0280. The number of Topliss-reactive ketones (excluding diaryl/α,β-unsaturated/α-hetero) is 2. The number of phenolic OH excluding ortho intramolecular Hbond substituents is 1. The average molecular weight is 589 g/mol. The molecular formula is C38H40N2O4. The van der Waals surface area contributed by atoms with Crippen molar-refractivity contribution in [3.63, 3.8) is 0 Å². The van der Waals surface area contributed by atoms with Gasteiger partial charge in [0.1, 0.15) is 29.2 Å². The molecule has 4 aromatic carbocycles. The fourth-order valence-electron chi connectivity index (χ4n) is 6.60. The van der Waals surface area contributed by atoms with Crippen LogP contribution in [0.2, 0.25) is 0 Å². The first-order valence-corrected chi connectivity index (χ1v) is 15.6. The van der Waals surface area contributed by atoms with Crippen LogP contribution in [-0.2, 0) is 41.7 Å². The number of hydrogen-bond donors (Lipinski definition) is 3. The van der Waals surface area contributed by atoms with Gasteiger partial charge in [0.15, 0.2) is 0 Å². The predicted octanol–water partition coefficient (Wildman–Crippen LogP) is 7.17. The fraction of sp³-hybridized carbons (Fsp3) is 0.316. The zero-order valence-electron chi connectivity index (χ0n) is 25.4. The molecule has 0 bridgehead atoms. The smallest absolute Gasteiger partial charge is 0.139 e. The van der Waals surface area contributed by atoms with Crippen LogP contribution in [0, 0.1) is 0 Å². The highest BCUT2D eigenvalue weighted by Crippen LogP contribution is 2.40. The number of ether oxygens (including phenoxy) is 1. The first kappa shape index (κ1) is 29.5. The summed E-state index contributed by atoms with van der Waals surface area (Å²) >= 11 is 0. The van der Waals surface area contributed by atoms with E-state index in [9.17, 15) is 14.7 Å². The molecule has 0 amide bonds. The van der Waals surface area contributed by atoms with Crippen LogP contribution in [0.25, 0.3) is 0 Å². The van der Waals surface area contributed by atoms with E-state index < -0.39 is 0 Å². The first-order valence-electron chi connectivity index (χ1n) is 15.6. The maximum Gasteiger partial charge on any atom is 0.139 e. The minimum Gasteiger partial charge on any atom is -0.508 e. The minimum absolute atomic E-state index is 0.0280. The van der Waals surface area contributed by atoms with Crippen LogP contribution in [0.1, 0.15) is 66.2 Å². The number of benzene rings is 4. The SMILES string of the molecule is C[C@@H]1CC(=O)Cc2cccc(C3Cc4ccccc4O3)c2N1.C[C@@H]1CC(=O)Cc2cccc(CCc3ccccc3O)c2N1. The molecule has 3 heterocycles. The summed E-state index contributed by atoms with van der Waals surface area (Å²) in [6.07, 6.45) is 4.73. The van der Waals surface area contributed by atoms with E-state index in [0.717, 1.165) is 58.6 Å². The molecule has 1 unspecified atom stereocenters. The van der Waals surface area contributed by atoms with Crippen LogP contribution in [0.4, 0.5) is 11.4 Å². The largest absolute Gasteiger partial charge is 0.508 e. The van der Waals surface area contributed by atoms with Crippen LogP contribution < -0.4 is 15.4 Å². The van der Waals surface area contributed by atoms with Crippen molar-refractivity contribution in [1.82, 2.24) is 0 Å². The summed E-state index contributed by atoms with van der Waals surface area (Å²) in [6, 6.07) is 28.3. The maximum atomic E-state index is 12.0. The summed E-state index contributed by atoms with van der Waals surface area (Å²) in [5.74, 6) is 1.91. The number of carbonyl (C=O) groups is 2. The van der Waals surface area contributed by atoms with Crippen molar-refractivity contribution < 1.29 is 19.4 Å². The second-order valence-corrected chi connectivity index (χ2v) is 12.3. The van der Waals surface area contributed by atoms with Gasteiger partial charge in [0, 0.05) is 61.1 Å². The lowest BCUT2D eigenvalue weighted by Crippen LogP contribution is -2.18. The van der Waals surface area contributed by atoms with E-state index >= 15 is 0 Å². The molecule has 3 atom stereocenters. The van der Waals surface area contributed by atoms with Gasteiger partial charge in [-0.05, 0) is 66.6 Å². The van der Waals surface area contributed by atoms with Gasteiger partial charge in [-0.2, -0.15) is 0 Å². The molecule has 44 heavy (non-hydrogen) atoms. The van der Waals surface area contributed by atoms with Gasteiger partial charge in [0.2, 0.25) is 0 Å². The van der Waals surface area contributed by atoms with Crippen LogP contribution in [-0.4, -0.2) is 28.8 Å². The molecule has 0 aliphatic carbocycles. The second kappa shape index (κ2) is 13.0. The summed E-state index contributed by atoms with van der Waals surface area (Å²) in [5.41, 5.74) is 8.96. The second-order valence-electron chi connectivity index (χ2n) is 12.3. The molecule has 4 aromatic rings. The van der Waals surface area contributed by atoms with Crippen LogP contribution in [0.3, 0.4) is 0 Å². The van der Waals surface area contributed by atoms with Gasteiger partial charge in [0.05, 0.1) is 0 Å². The Kier molecular flexibility index (Phi) is 8.69. The molecule has 3 N–H and O–H groups in total. The van der Waals surface area contributed by atoms with Gasteiger partial charge in [-0.1, -0.05) is 72.8 Å². The molecule has 0 radical (unpaired) electrons. The van der Waals surface area contributed by atoms with Crippen LogP contribution in [0.5, 0.6) is 11.5 Å². The number of anilines is 2. The van der Waals surface area contributed by atoms with E-state index in [1.807, 2.05) is 61.5 Å². The van der Waals surface area contributed by atoms with Gasteiger partial charge in [-0.3, -0.25) is 9.59 Å². The molecule has 226 valence electrons. The summed E-state index contributed by atoms with van der Waals surface area (Å²) in [5, 5.41) is 16.9. The lowest BCUT2D eigenvalue weighted by molar-refractivity contribution is -0.119. The number of para-hydroxylation sites is 4. The number of fused-ring (bicyclic) bond motifs is 3. The van der Waals surface area contributed by atoms with Crippen LogP contribution in [0.15, 0.2) is 84.9 Å². The standard InChI is InChI=1S/C19H19NO2.C19H21NO2/c1-12-9-15(21)10-14-6-4-7-16(19(14)20-12)18-11-13-5-2-3-8-17(13)22-18;1-13-11-17(21)12-16-7-4-6-15(19(16)20-13)10-9-14-5-2-3-8-18(14)22/h2-8,12,18,20H,9-11H2,1H3;2-8,13,20,22H,9-12H2,1H3/t12-,18?;13-/m11/s1. The van der Waals surface area contributed by atoms with Gasteiger partial charge in [0.25, 0.3) is 0 Å². The molecule has 0 saturated carbocycles. The van der Waals surface area contributed by atoms with Gasteiger partial charge < -0.3 is 20.5 Å². The monoisotopic (exact) mass is 588 g/mol. The Hall–Kier alpha value is -4.58. The van der Waals surface area contributed by atoms with Crippen molar-refractivity contribution >= 4 is 22.9 Å². The molecule has 0 fully saturated rings. The molecule has 3 aliphatic rings. The van der Waals surface area contributed by atoms with Crippen molar-refractivity contribution in [3.8, 4) is 11.5 Å². The Morgan fingerprint density at radius 3 is 1.95 bits per heavy atom. The van der Waals surface area contributed by atoms with Crippen molar-refractivity contribution in [2.24, 2.45) is 0 Å². The van der Waals surface area contributed by atoms with E-state index in [-0.39, 0.29) is 24.0 Å². The molecular weight excluding hydrogens is 548 g/mol. The van der Waals surface area contributed by atoms with Crippen molar-refractivity contribution in [2.45, 2.75) is 77.0 Å². The van der Waals surface area contributed by atoms with E-state index in [0.29, 0.717) is 37.2 Å². The number of hydrogen-bond acceptors (Lipinski definition) is 6. The number of aromatic hydroxyl groups is 1.